The number of hydrogen-bond acceptors (Lipinski definition) is 4. The molecule has 0 saturated carbocycles. The van der Waals surface area contributed by atoms with Gasteiger partial charge in [0.1, 0.15) is 0 Å². The highest BCUT2D eigenvalue weighted by atomic mass is 15.0. The number of fused-ring (bicyclic) bond motifs is 3. The predicted molar refractivity (Wildman–Crippen MR) is 144 cm³/mol. The van der Waals surface area contributed by atoms with E-state index >= 15 is 0 Å². The number of pyridine rings is 1. The third-order valence-electron chi connectivity index (χ3n) is 6.52. The van der Waals surface area contributed by atoms with Crippen LogP contribution in [0.15, 0.2) is 103 Å². The molecule has 0 radical (unpaired) electrons. The van der Waals surface area contributed by atoms with Gasteiger partial charge in [-0.2, -0.15) is 15.8 Å². The van der Waals surface area contributed by atoms with Crippen LogP contribution >= 0.6 is 0 Å². The van der Waals surface area contributed by atoms with Gasteiger partial charge in [-0.15, -0.1) is 0 Å². The first-order valence-electron chi connectivity index (χ1n) is 11.6. The Morgan fingerprint density at radius 3 is 1.84 bits per heavy atom. The number of benzene rings is 4. The van der Waals surface area contributed by atoms with Crippen LogP contribution in [-0.2, 0) is 0 Å². The highest BCUT2D eigenvalue weighted by Crippen LogP contribution is 2.36. The molecule has 0 spiro atoms. The van der Waals surface area contributed by atoms with E-state index in [-0.39, 0.29) is 0 Å². The summed E-state index contributed by atoms with van der Waals surface area (Å²) in [6, 6.07) is 35.9. The SMILES string of the molecule is N#Cc1cc(C#N)cc(-c2ccc3c(c2)c2ccccc2n3-c2cc(C#N)cc(-c3ccncc3)c2)c1. The van der Waals surface area contributed by atoms with Gasteiger partial charge in [0.25, 0.3) is 0 Å². The van der Waals surface area contributed by atoms with Crippen LogP contribution in [0.1, 0.15) is 16.7 Å². The summed E-state index contributed by atoms with van der Waals surface area (Å²) in [6.45, 7) is 0. The van der Waals surface area contributed by atoms with Gasteiger partial charge in [0.05, 0.1) is 45.9 Å². The number of hydrogen-bond donors (Lipinski definition) is 0. The topological polar surface area (TPSA) is 89.2 Å². The molecule has 0 unspecified atom stereocenters. The average molecular weight is 472 g/mol. The van der Waals surface area contributed by atoms with Crippen LogP contribution in [-0.4, -0.2) is 9.55 Å². The molecule has 0 aliphatic rings. The zero-order valence-corrected chi connectivity index (χ0v) is 19.6. The number of nitrogens with zero attached hydrogens (tertiary/aromatic N) is 5. The molecule has 5 nitrogen and oxygen atoms in total. The Hall–Kier alpha value is -5.70. The fourth-order valence-electron chi connectivity index (χ4n) is 4.87. The van der Waals surface area contributed by atoms with E-state index < -0.39 is 0 Å². The standard InChI is InChI=1S/C32H17N5/c33-18-21-11-22(19-34)13-26(12-21)25-5-6-32-30(17-25)29-3-1-2-4-31(29)37(32)28-15-23(20-35)14-27(16-28)24-7-9-36-10-8-24/h1-17H. The molecule has 0 amide bonds. The fraction of sp³-hybridized carbons (Fsp3) is 0. The summed E-state index contributed by atoms with van der Waals surface area (Å²) in [5, 5.41) is 30.8. The van der Waals surface area contributed by atoms with Crippen molar-refractivity contribution in [1.82, 2.24) is 9.55 Å². The minimum absolute atomic E-state index is 0.452. The lowest BCUT2D eigenvalue weighted by Gasteiger charge is -2.12. The van der Waals surface area contributed by atoms with Crippen molar-refractivity contribution in [3.8, 4) is 46.1 Å². The summed E-state index contributed by atoms with van der Waals surface area (Å²) in [5.74, 6) is 0. The van der Waals surface area contributed by atoms with Crippen LogP contribution in [0.2, 0.25) is 0 Å². The summed E-state index contributed by atoms with van der Waals surface area (Å²) in [7, 11) is 0. The van der Waals surface area contributed by atoms with E-state index in [1.165, 1.54) is 0 Å². The highest BCUT2D eigenvalue weighted by Gasteiger charge is 2.15. The molecule has 6 aromatic rings. The van der Waals surface area contributed by atoms with Gasteiger partial charge in [-0.25, -0.2) is 0 Å². The van der Waals surface area contributed by atoms with Gasteiger partial charge in [-0.05, 0) is 89.0 Å². The second kappa shape index (κ2) is 8.82. The third kappa shape index (κ3) is 3.76. The van der Waals surface area contributed by atoms with Crippen LogP contribution in [0, 0.1) is 34.0 Å². The Bertz CT molecular complexity index is 1930. The van der Waals surface area contributed by atoms with Crippen molar-refractivity contribution in [2.45, 2.75) is 0 Å². The van der Waals surface area contributed by atoms with Crippen LogP contribution in [0.5, 0.6) is 0 Å². The number of nitriles is 3. The molecule has 37 heavy (non-hydrogen) atoms. The van der Waals surface area contributed by atoms with E-state index in [4.69, 9.17) is 0 Å². The zero-order valence-electron chi connectivity index (χ0n) is 19.6. The molecule has 5 heteroatoms. The van der Waals surface area contributed by atoms with E-state index in [0.717, 1.165) is 49.7 Å². The molecule has 0 fully saturated rings. The van der Waals surface area contributed by atoms with Crippen LogP contribution in [0.4, 0.5) is 0 Å². The molecule has 0 saturated heterocycles. The summed E-state index contributed by atoms with van der Waals surface area (Å²) >= 11 is 0. The maximum Gasteiger partial charge on any atom is 0.0992 e. The second-order valence-corrected chi connectivity index (χ2v) is 8.72. The average Bonchev–Trinajstić information content (AvgIpc) is 3.30. The Morgan fingerprint density at radius 2 is 1.14 bits per heavy atom. The van der Waals surface area contributed by atoms with E-state index in [0.29, 0.717) is 16.7 Å². The third-order valence-corrected chi connectivity index (χ3v) is 6.52. The molecule has 6 rings (SSSR count). The van der Waals surface area contributed by atoms with E-state index in [9.17, 15) is 15.8 Å². The molecule has 0 bridgehead atoms. The monoisotopic (exact) mass is 471 g/mol. The number of aromatic nitrogens is 2. The smallest absolute Gasteiger partial charge is 0.0992 e. The normalized spacial score (nSPS) is 10.6. The van der Waals surface area contributed by atoms with E-state index in [1.807, 2.05) is 42.5 Å². The van der Waals surface area contributed by atoms with Crippen molar-refractivity contribution < 1.29 is 0 Å². The van der Waals surface area contributed by atoms with Crippen LogP contribution in [0.3, 0.4) is 0 Å². The molecule has 0 atom stereocenters. The van der Waals surface area contributed by atoms with Crippen molar-refractivity contribution in [3.05, 3.63) is 120 Å². The van der Waals surface area contributed by atoms with Crippen LogP contribution in [0.25, 0.3) is 49.7 Å². The van der Waals surface area contributed by atoms with Crippen molar-refractivity contribution in [2.75, 3.05) is 0 Å². The first-order valence-corrected chi connectivity index (χ1v) is 11.6. The van der Waals surface area contributed by atoms with Gasteiger partial charge in [0.2, 0.25) is 0 Å². The minimum atomic E-state index is 0.452. The molecule has 0 aliphatic heterocycles. The molecular weight excluding hydrogens is 454 g/mol. The van der Waals surface area contributed by atoms with Gasteiger partial charge in [0, 0.05) is 28.9 Å². The van der Waals surface area contributed by atoms with Gasteiger partial charge >= 0.3 is 0 Å². The van der Waals surface area contributed by atoms with Crippen molar-refractivity contribution >= 4 is 21.8 Å². The summed E-state index contributed by atoms with van der Waals surface area (Å²) in [5.41, 5.74) is 8.06. The Balaban J connectivity index is 1.62. The molecule has 2 heterocycles. The lowest BCUT2D eigenvalue weighted by Crippen LogP contribution is -1.96. The first-order chi connectivity index (χ1) is 18.2. The largest absolute Gasteiger partial charge is 0.309 e. The molecule has 0 N–H and O–H groups in total. The van der Waals surface area contributed by atoms with Crippen molar-refractivity contribution in [3.63, 3.8) is 0 Å². The number of para-hydroxylation sites is 1. The van der Waals surface area contributed by atoms with Crippen molar-refractivity contribution in [1.29, 1.82) is 15.8 Å². The Labute approximate surface area is 213 Å². The quantitative estimate of drug-likeness (QED) is 0.275. The number of rotatable bonds is 3. The zero-order chi connectivity index (χ0) is 25.4. The second-order valence-electron chi connectivity index (χ2n) is 8.72. The van der Waals surface area contributed by atoms with Gasteiger partial charge < -0.3 is 4.57 Å². The highest BCUT2D eigenvalue weighted by molar-refractivity contribution is 6.10. The van der Waals surface area contributed by atoms with Gasteiger partial charge in [-0.1, -0.05) is 24.3 Å². The fourth-order valence-corrected chi connectivity index (χ4v) is 4.87. The summed E-state index contributed by atoms with van der Waals surface area (Å²) in [4.78, 5) is 4.12. The lowest BCUT2D eigenvalue weighted by atomic mass is 9.99. The maximum absolute atomic E-state index is 9.79. The van der Waals surface area contributed by atoms with E-state index in [2.05, 4.69) is 58.1 Å². The minimum Gasteiger partial charge on any atom is -0.309 e. The van der Waals surface area contributed by atoms with Crippen LogP contribution < -0.4 is 0 Å². The van der Waals surface area contributed by atoms with Crippen molar-refractivity contribution in [2.24, 2.45) is 0 Å². The Morgan fingerprint density at radius 1 is 0.514 bits per heavy atom. The maximum atomic E-state index is 9.79. The van der Waals surface area contributed by atoms with Gasteiger partial charge in [0.15, 0.2) is 0 Å². The first kappa shape index (κ1) is 21.8. The Kier molecular flexibility index (Phi) is 5.20. The molecular formula is C32H17N5. The van der Waals surface area contributed by atoms with E-state index in [1.54, 1.807) is 30.6 Å². The lowest BCUT2D eigenvalue weighted by molar-refractivity contribution is 1.18. The van der Waals surface area contributed by atoms with Gasteiger partial charge in [-0.3, -0.25) is 4.98 Å². The summed E-state index contributed by atoms with van der Waals surface area (Å²) < 4.78 is 2.17. The molecule has 170 valence electrons. The molecule has 4 aromatic carbocycles. The molecule has 0 aliphatic carbocycles. The molecule has 2 aromatic heterocycles. The summed E-state index contributed by atoms with van der Waals surface area (Å²) in [6.07, 6.45) is 3.49. The predicted octanol–water partition coefficient (Wildman–Crippen LogP) is 7.13.